The van der Waals surface area contributed by atoms with Gasteiger partial charge in [-0.2, -0.15) is 0 Å². The molecule has 0 radical (unpaired) electrons. The molecule has 1 aromatic carbocycles. The van der Waals surface area contributed by atoms with Crippen molar-refractivity contribution in [1.29, 1.82) is 0 Å². The molecule has 1 N–H and O–H groups in total. The van der Waals surface area contributed by atoms with E-state index in [1.54, 1.807) is 6.92 Å². The lowest BCUT2D eigenvalue weighted by Crippen LogP contribution is -2.29. The van der Waals surface area contributed by atoms with Gasteiger partial charge in [0.15, 0.2) is 5.13 Å². The summed E-state index contributed by atoms with van der Waals surface area (Å²) in [6, 6.07) is 11.0. The van der Waals surface area contributed by atoms with Crippen LogP contribution in [-0.4, -0.2) is 20.4 Å². The van der Waals surface area contributed by atoms with Gasteiger partial charge in [0.2, 0.25) is 5.91 Å². The van der Waals surface area contributed by atoms with Crippen LogP contribution in [0.2, 0.25) is 0 Å². The highest BCUT2D eigenvalue weighted by atomic mass is 32.1. The molecule has 0 aliphatic heterocycles. The van der Waals surface area contributed by atoms with Crippen LogP contribution in [-0.2, 0) is 24.2 Å². The van der Waals surface area contributed by atoms with E-state index in [9.17, 15) is 9.59 Å². The molecule has 7 heteroatoms. The van der Waals surface area contributed by atoms with Crippen LogP contribution in [0.3, 0.4) is 0 Å². The number of aromatic nitrogens is 3. The summed E-state index contributed by atoms with van der Waals surface area (Å²) >= 11 is 1.54. The molecule has 2 aromatic heterocycles. The Hall–Kier alpha value is -2.80. The Kier molecular flexibility index (Phi) is 4.85. The second-order valence-corrected chi connectivity index (χ2v) is 7.71. The van der Waals surface area contributed by atoms with Crippen LogP contribution in [0.4, 0.5) is 5.13 Å². The van der Waals surface area contributed by atoms with E-state index in [2.05, 4.69) is 15.3 Å². The molecule has 0 unspecified atom stereocenters. The molecule has 0 spiro atoms. The Morgan fingerprint density at radius 2 is 1.96 bits per heavy atom. The van der Waals surface area contributed by atoms with Crippen molar-refractivity contribution in [2.75, 3.05) is 5.32 Å². The van der Waals surface area contributed by atoms with Crippen molar-refractivity contribution in [3.05, 3.63) is 63.1 Å². The smallest absolute Gasteiger partial charge is 0.254 e. The minimum absolute atomic E-state index is 0.0724. The number of amides is 1. The zero-order valence-electron chi connectivity index (χ0n) is 15.1. The molecule has 1 aliphatic rings. The lowest BCUT2D eigenvalue weighted by atomic mass is 10.0. The summed E-state index contributed by atoms with van der Waals surface area (Å²) in [6.45, 7) is 1.67. The molecule has 3 aromatic rings. The largest absolute Gasteiger partial charge is 0.300 e. The van der Waals surface area contributed by atoms with Crippen LogP contribution in [0.25, 0.3) is 11.3 Å². The fourth-order valence-electron chi connectivity index (χ4n) is 3.28. The number of rotatable bonds is 4. The van der Waals surface area contributed by atoms with Gasteiger partial charge in [0.05, 0.1) is 11.4 Å². The molecular formula is C20H20N4O2S. The van der Waals surface area contributed by atoms with E-state index < -0.39 is 0 Å². The Morgan fingerprint density at radius 1 is 1.19 bits per heavy atom. The van der Waals surface area contributed by atoms with Gasteiger partial charge in [-0.15, -0.1) is 11.3 Å². The third-order valence-electron chi connectivity index (χ3n) is 4.66. The summed E-state index contributed by atoms with van der Waals surface area (Å²) in [5.41, 5.74) is 2.35. The monoisotopic (exact) mass is 380 g/mol. The molecule has 0 atom stereocenters. The first-order chi connectivity index (χ1) is 13.1. The van der Waals surface area contributed by atoms with Gasteiger partial charge in [-0.05, 0) is 32.6 Å². The predicted octanol–water partition coefficient (Wildman–Crippen LogP) is 3.19. The van der Waals surface area contributed by atoms with Gasteiger partial charge in [-0.1, -0.05) is 30.3 Å². The molecule has 2 heterocycles. The van der Waals surface area contributed by atoms with Crippen LogP contribution in [0.1, 0.15) is 29.2 Å². The van der Waals surface area contributed by atoms with Gasteiger partial charge in [0.1, 0.15) is 12.4 Å². The average molecular weight is 380 g/mol. The highest BCUT2D eigenvalue weighted by molar-refractivity contribution is 7.15. The second-order valence-electron chi connectivity index (χ2n) is 6.62. The molecule has 1 amide bonds. The second kappa shape index (κ2) is 7.44. The van der Waals surface area contributed by atoms with Crippen molar-refractivity contribution < 1.29 is 4.79 Å². The molecule has 1 aliphatic carbocycles. The summed E-state index contributed by atoms with van der Waals surface area (Å²) in [5, 5.41) is 3.45. The van der Waals surface area contributed by atoms with Gasteiger partial charge in [0, 0.05) is 16.5 Å². The quantitative estimate of drug-likeness (QED) is 0.754. The number of thiazole rings is 1. The number of anilines is 1. The van der Waals surface area contributed by atoms with Crippen LogP contribution >= 0.6 is 11.3 Å². The first kappa shape index (κ1) is 17.6. The maximum absolute atomic E-state index is 12.5. The molecule has 0 saturated carbocycles. The topological polar surface area (TPSA) is 76.9 Å². The lowest BCUT2D eigenvalue weighted by Gasteiger charge is -2.10. The van der Waals surface area contributed by atoms with Crippen molar-refractivity contribution >= 4 is 22.4 Å². The third-order valence-corrected chi connectivity index (χ3v) is 5.74. The van der Waals surface area contributed by atoms with Crippen molar-refractivity contribution in [3.8, 4) is 11.3 Å². The fraction of sp³-hybridized carbons (Fsp3) is 0.300. The number of benzene rings is 1. The normalized spacial score (nSPS) is 13.2. The highest BCUT2D eigenvalue weighted by Crippen LogP contribution is 2.29. The number of nitrogens with one attached hydrogen (secondary N) is 1. The molecule has 0 bridgehead atoms. The number of aryl methyl sites for hydroxylation is 3. The van der Waals surface area contributed by atoms with Crippen LogP contribution in [0, 0.1) is 6.92 Å². The van der Waals surface area contributed by atoms with Gasteiger partial charge < -0.3 is 5.32 Å². The fourth-order valence-corrected chi connectivity index (χ4v) is 4.34. The van der Waals surface area contributed by atoms with Gasteiger partial charge >= 0.3 is 0 Å². The lowest BCUT2D eigenvalue weighted by molar-refractivity contribution is -0.116. The summed E-state index contributed by atoms with van der Waals surface area (Å²) < 4.78 is 1.38. The molecule has 6 nitrogen and oxygen atoms in total. The minimum Gasteiger partial charge on any atom is -0.300 e. The maximum Gasteiger partial charge on any atom is 0.254 e. The van der Waals surface area contributed by atoms with Crippen LogP contribution < -0.4 is 10.9 Å². The maximum atomic E-state index is 12.5. The first-order valence-corrected chi connectivity index (χ1v) is 9.84. The van der Waals surface area contributed by atoms with Crippen molar-refractivity contribution in [1.82, 2.24) is 14.5 Å². The van der Waals surface area contributed by atoms with Crippen LogP contribution in [0.5, 0.6) is 0 Å². The summed E-state index contributed by atoms with van der Waals surface area (Å²) in [4.78, 5) is 35.2. The van der Waals surface area contributed by atoms with Gasteiger partial charge in [-0.3, -0.25) is 14.2 Å². The molecule has 0 saturated heterocycles. The van der Waals surface area contributed by atoms with E-state index >= 15 is 0 Å². The minimum atomic E-state index is -0.263. The number of carbonyl (C=O) groups is 1. The Labute approximate surface area is 160 Å². The van der Waals surface area contributed by atoms with E-state index in [1.807, 2.05) is 30.3 Å². The summed E-state index contributed by atoms with van der Waals surface area (Å²) in [6.07, 6.45) is 4.34. The first-order valence-electron chi connectivity index (χ1n) is 9.02. The Bertz CT molecular complexity index is 1020. The standard InChI is InChI=1S/C20H20N4O2S/c1-13-21-16(14-7-3-2-4-8-14)11-19(26)24(13)12-18(25)23-20-22-15-9-5-6-10-17(15)27-20/h2-4,7-8,11H,5-6,9-10,12H2,1H3,(H,22,23,25). The zero-order chi connectivity index (χ0) is 18.8. The molecule has 27 heavy (non-hydrogen) atoms. The van der Waals surface area contributed by atoms with Crippen molar-refractivity contribution in [2.45, 2.75) is 39.2 Å². The van der Waals surface area contributed by atoms with Gasteiger partial charge in [0.25, 0.3) is 5.56 Å². The third kappa shape index (κ3) is 3.83. The number of hydrogen-bond donors (Lipinski definition) is 1. The Balaban J connectivity index is 1.51. The number of nitrogens with zero attached hydrogens (tertiary/aromatic N) is 3. The molecular weight excluding hydrogens is 360 g/mol. The average Bonchev–Trinajstić information content (AvgIpc) is 3.07. The van der Waals surface area contributed by atoms with E-state index in [0.29, 0.717) is 16.6 Å². The van der Waals surface area contributed by atoms with E-state index in [4.69, 9.17) is 0 Å². The Morgan fingerprint density at radius 3 is 2.70 bits per heavy atom. The molecule has 138 valence electrons. The van der Waals surface area contributed by atoms with Crippen LogP contribution in [0.15, 0.2) is 41.2 Å². The zero-order valence-corrected chi connectivity index (χ0v) is 15.9. The number of hydrogen-bond acceptors (Lipinski definition) is 5. The van der Waals surface area contributed by atoms with E-state index in [1.165, 1.54) is 33.3 Å². The van der Waals surface area contributed by atoms with Crippen molar-refractivity contribution in [3.63, 3.8) is 0 Å². The van der Waals surface area contributed by atoms with E-state index in [-0.39, 0.29) is 18.0 Å². The molecule has 4 rings (SSSR count). The molecule has 0 fully saturated rings. The summed E-state index contributed by atoms with van der Waals surface area (Å²) in [5.74, 6) is 0.246. The summed E-state index contributed by atoms with van der Waals surface area (Å²) in [7, 11) is 0. The SMILES string of the molecule is Cc1nc(-c2ccccc2)cc(=O)n1CC(=O)Nc1nc2c(s1)CCCC2. The number of carbonyl (C=O) groups excluding carboxylic acids is 1. The van der Waals surface area contributed by atoms with E-state index in [0.717, 1.165) is 30.5 Å². The highest BCUT2D eigenvalue weighted by Gasteiger charge is 2.17. The van der Waals surface area contributed by atoms with Crippen molar-refractivity contribution in [2.24, 2.45) is 0 Å². The predicted molar refractivity (Wildman–Crippen MR) is 106 cm³/mol. The van der Waals surface area contributed by atoms with Gasteiger partial charge in [-0.25, -0.2) is 9.97 Å². The number of fused-ring (bicyclic) bond motifs is 1.